The summed E-state index contributed by atoms with van der Waals surface area (Å²) in [5.74, 6) is 1.27. The molecule has 0 atom stereocenters. The standard InChI is InChI=1S/C14H14FN3O3S2/c1-4-8-18-13-10(15)6-5-7-11(13)22-14(18)16-12(19)9-17(2)23(3,20)21/h1,5-7H,8-9H2,2-3H3. The average molecular weight is 355 g/mol. The van der Waals surface area contributed by atoms with Crippen molar-refractivity contribution in [2.75, 3.05) is 19.8 Å². The SMILES string of the molecule is C#CCn1c(=NC(=O)CN(C)S(C)(=O)=O)sc2cccc(F)c21. The van der Waals surface area contributed by atoms with Gasteiger partial charge in [-0.3, -0.25) is 4.79 Å². The Morgan fingerprint density at radius 2 is 2.22 bits per heavy atom. The highest BCUT2D eigenvalue weighted by Gasteiger charge is 2.16. The molecule has 0 fully saturated rings. The third-order valence-electron chi connectivity index (χ3n) is 3.05. The molecule has 0 N–H and O–H groups in total. The molecule has 6 nitrogen and oxygen atoms in total. The van der Waals surface area contributed by atoms with Crippen molar-refractivity contribution in [2.45, 2.75) is 6.54 Å². The normalized spacial score (nSPS) is 12.7. The molecule has 23 heavy (non-hydrogen) atoms. The summed E-state index contributed by atoms with van der Waals surface area (Å²) in [6, 6.07) is 4.55. The number of amides is 1. The Kier molecular flexibility index (Phi) is 4.99. The average Bonchev–Trinajstić information content (AvgIpc) is 2.77. The number of rotatable bonds is 4. The Balaban J connectivity index is 2.51. The van der Waals surface area contributed by atoms with E-state index in [2.05, 4.69) is 10.9 Å². The van der Waals surface area contributed by atoms with Gasteiger partial charge in [-0.2, -0.15) is 9.30 Å². The van der Waals surface area contributed by atoms with Gasteiger partial charge in [0.05, 0.1) is 29.6 Å². The molecule has 2 rings (SSSR count). The second kappa shape index (κ2) is 6.62. The fraction of sp³-hybridized carbons (Fsp3) is 0.286. The maximum Gasteiger partial charge on any atom is 0.263 e. The lowest BCUT2D eigenvalue weighted by atomic mass is 10.3. The number of sulfonamides is 1. The van der Waals surface area contributed by atoms with E-state index in [4.69, 9.17) is 6.42 Å². The number of thiazole rings is 1. The number of para-hydroxylation sites is 1. The van der Waals surface area contributed by atoms with Crippen LogP contribution in [-0.4, -0.2) is 43.0 Å². The molecule has 0 saturated heterocycles. The molecule has 0 aliphatic heterocycles. The first kappa shape index (κ1) is 17.3. The number of likely N-dealkylation sites (N-methyl/N-ethyl adjacent to an activating group) is 1. The Hall–Kier alpha value is -2.02. The van der Waals surface area contributed by atoms with E-state index in [9.17, 15) is 17.6 Å². The van der Waals surface area contributed by atoms with Gasteiger partial charge in [-0.25, -0.2) is 12.8 Å². The Morgan fingerprint density at radius 1 is 1.52 bits per heavy atom. The van der Waals surface area contributed by atoms with Crippen molar-refractivity contribution < 1.29 is 17.6 Å². The molecule has 0 radical (unpaired) electrons. The minimum absolute atomic E-state index is 0.0506. The van der Waals surface area contributed by atoms with Crippen LogP contribution in [0.25, 0.3) is 10.2 Å². The predicted octanol–water partition coefficient (Wildman–Crippen LogP) is 0.794. The number of nitrogens with zero attached hydrogens (tertiary/aromatic N) is 3. The van der Waals surface area contributed by atoms with Gasteiger partial charge in [0.1, 0.15) is 5.82 Å². The Morgan fingerprint density at radius 3 is 2.83 bits per heavy atom. The zero-order valence-electron chi connectivity index (χ0n) is 12.5. The van der Waals surface area contributed by atoms with Crippen LogP contribution in [0.3, 0.4) is 0 Å². The van der Waals surface area contributed by atoms with Crippen molar-refractivity contribution in [3.63, 3.8) is 0 Å². The predicted molar refractivity (Wildman–Crippen MR) is 86.6 cm³/mol. The van der Waals surface area contributed by atoms with Crippen LogP contribution in [0.1, 0.15) is 0 Å². The van der Waals surface area contributed by atoms with E-state index in [-0.39, 0.29) is 16.9 Å². The summed E-state index contributed by atoms with van der Waals surface area (Å²) in [4.78, 5) is 16.1. The Labute approximate surface area is 136 Å². The van der Waals surface area contributed by atoms with Crippen LogP contribution >= 0.6 is 11.3 Å². The van der Waals surface area contributed by atoms with Crippen LogP contribution < -0.4 is 4.80 Å². The second-order valence-electron chi connectivity index (χ2n) is 4.79. The quantitative estimate of drug-likeness (QED) is 0.762. The van der Waals surface area contributed by atoms with Crippen molar-refractivity contribution in [3.05, 3.63) is 28.8 Å². The molecule has 2 aromatic rings. The van der Waals surface area contributed by atoms with Gasteiger partial charge in [-0.1, -0.05) is 23.3 Å². The molecule has 0 unspecified atom stereocenters. The minimum Gasteiger partial charge on any atom is -0.302 e. The third kappa shape index (κ3) is 3.85. The van der Waals surface area contributed by atoms with Crippen LogP contribution in [0.15, 0.2) is 23.2 Å². The molecule has 1 amide bonds. The van der Waals surface area contributed by atoms with Crippen molar-refractivity contribution >= 4 is 37.5 Å². The molecule has 122 valence electrons. The summed E-state index contributed by atoms with van der Waals surface area (Å²) in [7, 11) is -2.20. The molecule has 1 aromatic heterocycles. The van der Waals surface area contributed by atoms with Gasteiger partial charge in [-0.05, 0) is 12.1 Å². The van der Waals surface area contributed by atoms with Gasteiger partial charge in [0, 0.05) is 7.05 Å². The van der Waals surface area contributed by atoms with Gasteiger partial charge in [0.2, 0.25) is 10.0 Å². The van der Waals surface area contributed by atoms with Crippen molar-refractivity contribution in [1.29, 1.82) is 0 Å². The first-order chi connectivity index (χ1) is 10.7. The molecular weight excluding hydrogens is 341 g/mol. The monoisotopic (exact) mass is 355 g/mol. The highest BCUT2D eigenvalue weighted by Crippen LogP contribution is 2.20. The number of terminal acetylenes is 1. The maximum atomic E-state index is 14.0. The highest BCUT2D eigenvalue weighted by molar-refractivity contribution is 7.88. The molecule has 0 bridgehead atoms. The van der Waals surface area contributed by atoms with E-state index >= 15 is 0 Å². The van der Waals surface area contributed by atoms with Crippen LogP contribution in [-0.2, 0) is 21.4 Å². The van der Waals surface area contributed by atoms with Crippen LogP contribution in [0, 0.1) is 18.2 Å². The number of carbonyl (C=O) groups is 1. The van der Waals surface area contributed by atoms with E-state index in [1.807, 2.05) is 0 Å². The first-order valence-electron chi connectivity index (χ1n) is 6.44. The van der Waals surface area contributed by atoms with E-state index in [0.29, 0.717) is 4.70 Å². The van der Waals surface area contributed by atoms with Gasteiger partial charge in [0.25, 0.3) is 5.91 Å². The lowest BCUT2D eigenvalue weighted by Crippen LogP contribution is -2.31. The molecular formula is C14H14FN3O3S2. The second-order valence-corrected chi connectivity index (χ2v) is 7.88. The molecule has 0 spiro atoms. The Bertz CT molecular complexity index is 967. The topological polar surface area (TPSA) is 71.7 Å². The van der Waals surface area contributed by atoms with E-state index < -0.39 is 28.3 Å². The summed E-state index contributed by atoms with van der Waals surface area (Å²) in [5.41, 5.74) is 0.276. The molecule has 1 heterocycles. The number of halogens is 1. The van der Waals surface area contributed by atoms with Crippen molar-refractivity contribution in [1.82, 2.24) is 8.87 Å². The number of hydrogen-bond acceptors (Lipinski definition) is 4. The molecule has 0 aliphatic carbocycles. The highest BCUT2D eigenvalue weighted by atomic mass is 32.2. The number of aromatic nitrogens is 1. The zero-order valence-corrected chi connectivity index (χ0v) is 14.1. The van der Waals surface area contributed by atoms with E-state index in [1.165, 1.54) is 17.7 Å². The molecule has 9 heteroatoms. The summed E-state index contributed by atoms with van der Waals surface area (Å²) in [6.45, 7) is -0.347. The van der Waals surface area contributed by atoms with E-state index in [0.717, 1.165) is 21.9 Å². The largest absolute Gasteiger partial charge is 0.302 e. The summed E-state index contributed by atoms with van der Waals surface area (Å²) in [6.07, 6.45) is 6.29. The minimum atomic E-state index is -3.49. The van der Waals surface area contributed by atoms with Gasteiger partial charge in [0.15, 0.2) is 4.80 Å². The smallest absolute Gasteiger partial charge is 0.263 e. The molecule has 0 aliphatic rings. The first-order valence-corrected chi connectivity index (χ1v) is 9.10. The molecule has 0 saturated carbocycles. The summed E-state index contributed by atoms with van der Waals surface area (Å²) in [5, 5.41) is 0. The van der Waals surface area contributed by atoms with Gasteiger partial charge in [-0.15, -0.1) is 6.42 Å². The zero-order chi connectivity index (χ0) is 17.2. The summed E-state index contributed by atoms with van der Waals surface area (Å²) >= 11 is 1.11. The number of fused-ring (bicyclic) bond motifs is 1. The van der Waals surface area contributed by atoms with Crippen LogP contribution in [0.5, 0.6) is 0 Å². The fourth-order valence-corrected chi connectivity index (χ4v) is 3.27. The van der Waals surface area contributed by atoms with Crippen LogP contribution in [0.2, 0.25) is 0 Å². The fourth-order valence-electron chi connectivity index (χ4n) is 1.86. The number of hydrogen-bond donors (Lipinski definition) is 0. The van der Waals surface area contributed by atoms with Gasteiger partial charge >= 0.3 is 0 Å². The third-order valence-corrected chi connectivity index (χ3v) is 5.35. The maximum absolute atomic E-state index is 14.0. The number of carbonyl (C=O) groups excluding carboxylic acids is 1. The lowest BCUT2D eigenvalue weighted by Gasteiger charge is -2.10. The van der Waals surface area contributed by atoms with Crippen LogP contribution in [0.4, 0.5) is 4.39 Å². The van der Waals surface area contributed by atoms with E-state index in [1.54, 1.807) is 12.1 Å². The van der Waals surface area contributed by atoms with Crippen molar-refractivity contribution in [2.24, 2.45) is 4.99 Å². The number of benzene rings is 1. The van der Waals surface area contributed by atoms with Gasteiger partial charge < -0.3 is 4.57 Å². The summed E-state index contributed by atoms with van der Waals surface area (Å²) < 4.78 is 39.6. The lowest BCUT2D eigenvalue weighted by molar-refractivity contribution is -0.118. The van der Waals surface area contributed by atoms with Crippen molar-refractivity contribution in [3.8, 4) is 12.3 Å². The molecule has 1 aromatic carbocycles.